The monoisotopic (exact) mass is 253 g/mol. The fourth-order valence-electron chi connectivity index (χ4n) is 1.94. The summed E-state index contributed by atoms with van der Waals surface area (Å²) < 4.78 is 0. The highest BCUT2D eigenvalue weighted by atomic mass is 32.1. The molecule has 1 fully saturated rings. The molecule has 1 aromatic heterocycles. The third kappa shape index (κ3) is 2.98. The van der Waals surface area contributed by atoms with Gasteiger partial charge in [-0.25, -0.2) is 0 Å². The molecule has 0 aliphatic carbocycles. The third-order valence-corrected chi connectivity index (χ3v) is 3.03. The minimum atomic E-state index is -0.660. The maximum atomic E-state index is 9.44. The van der Waals surface area contributed by atoms with Gasteiger partial charge in [-0.05, 0) is 17.7 Å². The average molecular weight is 253 g/mol. The van der Waals surface area contributed by atoms with Gasteiger partial charge in [0.1, 0.15) is 4.99 Å². The van der Waals surface area contributed by atoms with Gasteiger partial charge in [-0.1, -0.05) is 12.2 Å². The molecule has 2 unspecified atom stereocenters. The van der Waals surface area contributed by atoms with Crippen LogP contribution >= 0.6 is 12.2 Å². The zero-order valence-corrected chi connectivity index (χ0v) is 10.1. The Morgan fingerprint density at radius 1 is 1.47 bits per heavy atom. The van der Waals surface area contributed by atoms with Gasteiger partial charge in [0, 0.05) is 25.8 Å². The molecule has 6 heteroatoms. The van der Waals surface area contributed by atoms with Gasteiger partial charge in [0.05, 0.1) is 17.9 Å². The molecule has 2 rings (SSSR count). The maximum absolute atomic E-state index is 9.44. The minimum Gasteiger partial charge on any atom is -0.389 e. The normalized spacial score (nSPS) is 25.1. The zero-order valence-electron chi connectivity index (χ0n) is 9.28. The summed E-state index contributed by atoms with van der Waals surface area (Å²) >= 11 is 4.86. The van der Waals surface area contributed by atoms with Crippen LogP contribution in [0.1, 0.15) is 11.3 Å². The first-order valence-corrected chi connectivity index (χ1v) is 5.80. The largest absolute Gasteiger partial charge is 0.389 e. The van der Waals surface area contributed by atoms with E-state index < -0.39 is 12.2 Å². The second kappa shape index (κ2) is 5.05. The topological polar surface area (TPSA) is 82.6 Å². The van der Waals surface area contributed by atoms with Crippen molar-refractivity contribution in [3.63, 3.8) is 0 Å². The van der Waals surface area contributed by atoms with Crippen LogP contribution in [0.25, 0.3) is 0 Å². The molecular formula is C11H15N3O2S. The lowest BCUT2D eigenvalue weighted by Crippen LogP contribution is -2.22. The van der Waals surface area contributed by atoms with E-state index in [0.29, 0.717) is 25.3 Å². The third-order valence-electron chi connectivity index (χ3n) is 2.82. The van der Waals surface area contributed by atoms with E-state index >= 15 is 0 Å². The summed E-state index contributed by atoms with van der Waals surface area (Å²) in [6.07, 6.45) is 0.339. The van der Waals surface area contributed by atoms with Crippen LogP contribution in [0.15, 0.2) is 18.3 Å². The molecule has 0 aromatic carbocycles. The highest BCUT2D eigenvalue weighted by molar-refractivity contribution is 7.80. The van der Waals surface area contributed by atoms with Gasteiger partial charge < -0.3 is 15.9 Å². The van der Waals surface area contributed by atoms with E-state index in [1.165, 1.54) is 0 Å². The van der Waals surface area contributed by atoms with Crippen molar-refractivity contribution in [2.45, 2.75) is 18.8 Å². The summed E-state index contributed by atoms with van der Waals surface area (Å²) in [5, 5.41) is 18.9. The number of β-amino-alcohol motifs (C(OH)–C–C–N with tert-alkyl or cyclic N) is 2. The Labute approximate surface area is 105 Å². The summed E-state index contributed by atoms with van der Waals surface area (Å²) in [5.41, 5.74) is 7.12. The smallest absolute Gasteiger partial charge is 0.122 e. The van der Waals surface area contributed by atoms with Crippen molar-refractivity contribution in [3.05, 3.63) is 29.6 Å². The van der Waals surface area contributed by atoms with Crippen molar-refractivity contribution in [2.24, 2.45) is 5.73 Å². The second-order valence-corrected chi connectivity index (χ2v) is 4.68. The van der Waals surface area contributed by atoms with Gasteiger partial charge in [0.2, 0.25) is 0 Å². The van der Waals surface area contributed by atoms with E-state index in [9.17, 15) is 10.2 Å². The van der Waals surface area contributed by atoms with Crippen LogP contribution in [-0.4, -0.2) is 50.4 Å². The van der Waals surface area contributed by atoms with Crippen LogP contribution in [0.2, 0.25) is 0 Å². The Kier molecular flexibility index (Phi) is 3.68. The first kappa shape index (κ1) is 12.4. The molecule has 2 atom stereocenters. The lowest BCUT2D eigenvalue weighted by molar-refractivity contribution is 0.0572. The molecule has 0 radical (unpaired) electrons. The van der Waals surface area contributed by atoms with Crippen molar-refractivity contribution in [3.8, 4) is 0 Å². The average Bonchev–Trinajstić information content (AvgIpc) is 2.58. The van der Waals surface area contributed by atoms with E-state index in [0.717, 1.165) is 5.56 Å². The van der Waals surface area contributed by atoms with Crippen molar-refractivity contribution in [2.75, 3.05) is 13.1 Å². The predicted molar refractivity (Wildman–Crippen MR) is 67.4 cm³/mol. The molecule has 5 nitrogen and oxygen atoms in total. The number of nitrogens with zero attached hydrogens (tertiary/aromatic N) is 2. The molecule has 0 bridgehead atoms. The molecule has 1 aliphatic rings. The molecule has 1 saturated heterocycles. The fraction of sp³-hybridized carbons (Fsp3) is 0.455. The Morgan fingerprint density at radius 2 is 2.12 bits per heavy atom. The number of hydrogen-bond donors (Lipinski definition) is 3. The van der Waals surface area contributed by atoms with Crippen molar-refractivity contribution in [1.29, 1.82) is 0 Å². The van der Waals surface area contributed by atoms with Crippen LogP contribution in [0.5, 0.6) is 0 Å². The number of rotatable bonds is 3. The van der Waals surface area contributed by atoms with E-state index in [1.54, 1.807) is 6.20 Å². The van der Waals surface area contributed by atoms with E-state index in [1.807, 2.05) is 17.0 Å². The van der Waals surface area contributed by atoms with Gasteiger partial charge in [-0.3, -0.25) is 9.88 Å². The summed E-state index contributed by atoms with van der Waals surface area (Å²) in [4.78, 5) is 6.31. The lowest BCUT2D eigenvalue weighted by atomic mass is 10.2. The van der Waals surface area contributed by atoms with Crippen LogP contribution < -0.4 is 5.73 Å². The molecule has 4 N–H and O–H groups in total. The molecule has 0 spiro atoms. The number of likely N-dealkylation sites (tertiary alicyclic amines) is 1. The van der Waals surface area contributed by atoms with Gasteiger partial charge in [0.25, 0.3) is 0 Å². The number of thiocarbonyl (C=S) groups is 1. The minimum absolute atomic E-state index is 0.272. The quantitative estimate of drug-likeness (QED) is 0.615. The number of pyridine rings is 1. The molecule has 92 valence electrons. The molecule has 17 heavy (non-hydrogen) atoms. The van der Waals surface area contributed by atoms with Crippen molar-refractivity contribution >= 4 is 17.2 Å². The fourth-order valence-corrected chi connectivity index (χ4v) is 2.05. The summed E-state index contributed by atoms with van der Waals surface area (Å²) in [7, 11) is 0. The number of aliphatic hydroxyl groups excluding tert-OH is 2. The Bertz CT molecular complexity index is 417. The van der Waals surface area contributed by atoms with Crippen LogP contribution in [0.3, 0.4) is 0 Å². The van der Waals surface area contributed by atoms with Gasteiger partial charge in [-0.15, -0.1) is 0 Å². The van der Waals surface area contributed by atoms with Gasteiger partial charge in [0.15, 0.2) is 0 Å². The van der Waals surface area contributed by atoms with Crippen LogP contribution in [0, 0.1) is 0 Å². The molecule has 0 amide bonds. The Morgan fingerprint density at radius 3 is 2.71 bits per heavy atom. The second-order valence-electron chi connectivity index (χ2n) is 4.24. The Balaban J connectivity index is 2.04. The summed E-state index contributed by atoms with van der Waals surface area (Å²) in [6, 6.07) is 3.71. The first-order chi connectivity index (χ1) is 8.06. The molecule has 0 saturated carbocycles. The summed E-state index contributed by atoms with van der Waals surface area (Å²) in [5.74, 6) is 0. The number of nitrogens with two attached hydrogens (primary N) is 1. The predicted octanol–water partition coefficient (Wildman–Crippen LogP) is -0.747. The number of aliphatic hydroxyl groups is 2. The van der Waals surface area contributed by atoms with E-state index in [4.69, 9.17) is 18.0 Å². The van der Waals surface area contributed by atoms with Crippen LogP contribution in [0.4, 0.5) is 0 Å². The molecule has 1 aliphatic heterocycles. The zero-order chi connectivity index (χ0) is 12.4. The number of hydrogen-bond acceptors (Lipinski definition) is 5. The SMILES string of the molecule is NC(=S)c1cc(CN2CC(O)C(O)C2)ccn1. The highest BCUT2D eigenvalue weighted by Gasteiger charge is 2.29. The van der Waals surface area contributed by atoms with Gasteiger partial charge in [-0.2, -0.15) is 0 Å². The molecule has 2 heterocycles. The molecular weight excluding hydrogens is 238 g/mol. The molecule has 1 aromatic rings. The van der Waals surface area contributed by atoms with Crippen molar-refractivity contribution in [1.82, 2.24) is 9.88 Å². The van der Waals surface area contributed by atoms with Crippen molar-refractivity contribution < 1.29 is 10.2 Å². The number of aromatic nitrogens is 1. The van der Waals surface area contributed by atoms with E-state index in [2.05, 4.69) is 4.98 Å². The summed E-state index contributed by atoms with van der Waals surface area (Å²) in [6.45, 7) is 1.60. The Hall–Kier alpha value is -1.08. The van der Waals surface area contributed by atoms with Gasteiger partial charge >= 0.3 is 0 Å². The standard InChI is InChI=1S/C11H15N3O2S/c12-11(17)8-3-7(1-2-13-8)4-14-5-9(15)10(16)6-14/h1-3,9-10,15-16H,4-6H2,(H2,12,17). The lowest BCUT2D eigenvalue weighted by Gasteiger charge is -2.14. The highest BCUT2D eigenvalue weighted by Crippen LogP contribution is 2.14. The first-order valence-electron chi connectivity index (χ1n) is 5.39. The maximum Gasteiger partial charge on any atom is 0.122 e. The van der Waals surface area contributed by atoms with Crippen LogP contribution in [-0.2, 0) is 6.54 Å². The van der Waals surface area contributed by atoms with E-state index in [-0.39, 0.29) is 4.99 Å².